The van der Waals surface area contributed by atoms with Crippen molar-refractivity contribution in [2.45, 2.75) is 6.92 Å². The summed E-state index contributed by atoms with van der Waals surface area (Å²) in [5.41, 5.74) is 4.59. The van der Waals surface area contributed by atoms with Crippen molar-refractivity contribution in [3.8, 4) is 22.9 Å². The van der Waals surface area contributed by atoms with Gasteiger partial charge in [-0.15, -0.1) is 0 Å². The minimum atomic E-state index is -0.139. The molecule has 0 radical (unpaired) electrons. The molecule has 3 heterocycles. The molecule has 5 aromatic rings. The molecule has 0 unspecified atom stereocenters. The molecule has 148 valence electrons. The van der Waals surface area contributed by atoms with Gasteiger partial charge in [0.05, 0.1) is 23.2 Å². The molecule has 7 nitrogen and oxygen atoms in total. The van der Waals surface area contributed by atoms with Gasteiger partial charge in [0.15, 0.2) is 5.88 Å². The highest BCUT2D eigenvalue weighted by Gasteiger charge is 2.11. The number of H-pyrrole nitrogens is 2. The lowest BCUT2D eigenvalue weighted by Crippen LogP contribution is -2.03. The van der Waals surface area contributed by atoms with E-state index in [2.05, 4.69) is 15.1 Å². The zero-order valence-corrected chi connectivity index (χ0v) is 16.1. The Balaban J connectivity index is 1.44. The molecule has 5 rings (SSSR count). The molecule has 0 amide bonds. The number of hydrogen-bond acceptors (Lipinski definition) is 4. The first-order valence-electron chi connectivity index (χ1n) is 9.40. The van der Waals surface area contributed by atoms with Gasteiger partial charge < -0.3 is 14.5 Å². The maximum Gasteiger partial charge on any atom is 0.264 e. The predicted octanol–water partition coefficient (Wildman–Crippen LogP) is 4.67. The van der Waals surface area contributed by atoms with E-state index in [1.54, 1.807) is 23.2 Å². The van der Waals surface area contributed by atoms with Crippen LogP contribution in [0, 0.1) is 6.92 Å². The largest absolute Gasteiger partial charge is 0.494 e. The van der Waals surface area contributed by atoms with Crippen LogP contribution in [-0.2, 0) is 0 Å². The Morgan fingerprint density at radius 1 is 1.10 bits per heavy atom. The summed E-state index contributed by atoms with van der Waals surface area (Å²) in [6.45, 7) is 1.86. The third kappa shape index (κ3) is 3.12. The second kappa shape index (κ2) is 6.97. The maximum atomic E-state index is 11.5. The van der Waals surface area contributed by atoms with Gasteiger partial charge in [-0.25, -0.2) is 0 Å². The summed E-state index contributed by atoms with van der Waals surface area (Å²) in [6, 6.07) is 18.5. The van der Waals surface area contributed by atoms with E-state index < -0.39 is 0 Å². The highest BCUT2D eigenvalue weighted by Crippen LogP contribution is 2.30. The van der Waals surface area contributed by atoms with Crippen LogP contribution in [0.15, 0.2) is 81.1 Å². The summed E-state index contributed by atoms with van der Waals surface area (Å²) in [4.78, 5) is 19.0. The molecule has 0 aliphatic carbocycles. The van der Waals surface area contributed by atoms with Gasteiger partial charge >= 0.3 is 0 Å². The van der Waals surface area contributed by atoms with Crippen LogP contribution in [0.1, 0.15) is 11.3 Å². The highest BCUT2D eigenvalue weighted by molar-refractivity contribution is 6.03. The Bertz CT molecular complexity index is 1420. The quantitative estimate of drug-likeness (QED) is 0.384. The van der Waals surface area contributed by atoms with E-state index in [4.69, 9.17) is 4.42 Å². The molecule has 0 fully saturated rings. The van der Waals surface area contributed by atoms with Gasteiger partial charge in [-0.1, -0.05) is 12.1 Å². The molecule has 3 N–H and O–H groups in total. The number of fused-ring (bicyclic) bond motifs is 1. The topological polar surface area (TPSA) is 99.3 Å². The first-order chi connectivity index (χ1) is 14.6. The van der Waals surface area contributed by atoms with E-state index in [0.717, 1.165) is 39.3 Å². The number of nitrogens with one attached hydrogen (secondary N) is 2. The summed E-state index contributed by atoms with van der Waals surface area (Å²) in [7, 11) is 0. The number of nitrogens with zero attached hydrogens (tertiary/aromatic N) is 2. The molecule has 0 spiro atoms. The van der Waals surface area contributed by atoms with Crippen molar-refractivity contribution in [1.29, 1.82) is 0 Å². The number of aryl methyl sites for hydroxylation is 1. The van der Waals surface area contributed by atoms with Crippen molar-refractivity contribution < 1.29 is 9.52 Å². The average molecular weight is 398 g/mol. The Morgan fingerprint density at radius 3 is 2.63 bits per heavy atom. The molecule has 0 aliphatic heterocycles. The van der Waals surface area contributed by atoms with Crippen molar-refractivity contribution in [3.05, 3.63) is 88.5 Å². The lowest BCUT2D eigenvalue weighted by atomic mass is 10.1. The van der Waals surface area contributed by atoms with Crippen LogP contribution in [0.2, 0.25) is 0 Å². The van der Waals surface area contributed by atoms with Crippen LogP contribution in [0.25, 0.3) is 27.9 Å². The molecule has 0 saturated carbocycles. The SMILES string of the molecule is Cc1cc(=O)[nH]n1-c1ccc(N=Cc2c(O)[nH]c3cc(-c4ccco4)ccc23)cc1. The number of aromatic nitrogens is 3. The average Bonchev–Trinajstić information content (AvgIpc) is 3.45. The molecular formula is C23H18N4O3. The van der Waals surface area contributed by atoms with Gasteiger partial charge in [-0.3, -0.25) is 19.6 Å². The van der Waals surface area contributed by atoms with Crippen molar-refractivity contribution in [2.24, 2.45) is 4.99 Å². The van der Waals surface area contributed by atoms with E-state index >= 15 is 0 Å². The van der Waals surface area contributed by atoms with Gasteiger partial charge in [0, 0.05) is 34.4 Å². The molecule has 7 heteroatoms. The van der Waals surface area contributed by atoms with Gasteiger partial charge in [0.25, 0.3) is 5.56 Å². The zero-order chi connectivity index (χ0) is 20.7. The number of benzene rings is 2. The van der Waals surface area contributed by atoms with Crippen LogP contribution in [0.5, 0.6) is 5.88 Å². The Morgan fingerprint density at radius 2 is 1.93 bits per heavy atom. The third-order valence-corrected chi connectivity index (χ3v) is 4.99. The van der Waals surface area contributed by atoms with Crippen molar-refractivity contribution >= 4 is 22.8 Å². The number of aliphatic imine (C=N–C) groups is 1. The molecule has 0 atom stereocenters. The molecule has 0 saturated heterocycles. The first-order valence-corrected chi connectivity index (χ1v) is 9.40. The number of hydrogen-bond donors (Lipinski definition) is 3. The van der Waals surface area contributed by atoms with Crippen molar-refractivity contribution in [2.75, 3.05) is 0 Å². The smallest absolute Gasteiger partial charge is 0.264 e. The lowest BCUT2D eigenvalue weighted by molar-refractivity contribution is 0.457. The van der Waals surface area contributed by atoms with Crippen LogP contribution < -0.4 is 5.56 Å². The summed E-state index contributed by atoms with van der Waals surface area (Å²) in [5, 5.41) is 14.0. The first kappa shape index (κ1) is 17.8. The molecular weight excluding hydrogens is 380 g/mol. The van der Waals surface area contributed by atoms with E-state index in [1.807, 2.05) is 61.5 Å². The fourth-order valence-corrected chi connectivity index (χ4v) is 3.51. The molecule has 30 heavy (non-hydrogen) atoms. The van der Waals surface area contributed by atoms with Crippen LogP contribution in [0.4, 0.5) is 5.69 Å². The monoisotopic (exact) mass is 398 g/mol. The maximum absolute atomic E-state index is 11.5. The standard InChI is InChI=1S/C23H18N4O3/c1-14-11-22(28)26-27(14)17-7-5-16(6-8-17)24-13-19-18-9-4-15(21-3-2-10-30-21)12-20(18)25-23(19)29/h2-13,25,29H,1H3,(H,26,28). The van der Waals surface area contributed by atoms with E-state index in [1.165, 1.54) is 0 Å². The number of furan rings is 1. The van der Waals surface area contributed by atoms with Crippen LogP contribution >= 0.6 is 0 Å². The highest BCUT2D eigenvalue weighted by atomic mass is 16.3. The predicted molar refractivity (Wildman–Crippen MR) is 116 cm³/mol. The number of aromatic hydroxyl groups is 1. The van der Waals surface area contributed by atoms with Gasteiger partial charge in [-0.2, -0.15) is 0 Å². The van der Waals surface area contributed by atoms with Crippen molar-refractivity contribution in [3.63, 3.8) is 0 Å². The Kier molecular flexibility index (Phi) is 4.14. The van der Waals surface area contributed by atoms with Gasteiger partial charge in [0.1, 0.15) is 5.76 Å². The molecule has 3 aromatic heterocycles. The lowest BCUT2D eigenvalue weighted by Gasteiger charge is -2.05. The zero-order valence-electron chi connectivity index (χ0n) is 16.1. The van der Waals surface area contributed by atoms with Gasteiger partial charge in [-0.05, 0) is 49.4 Å². The Hall–Kier alpha value is -4.26. The second-order valence-electron chi connectivity index (χ2n) is 7.00. The summed E-state index contributed by atoms with van der Waals surface area (Å²) in [6.07, 6.45) is 3.27. The molecule has 0 bridgehead atoms. The minimum Gasteiger partial charge on any atom is -0.494 e. The second-order valence-corrected chi connectivity index (χ2v) is 7.00. The fourth-order valence-electron chi connectivity index (χ4n) is 3.51. The van der Waals surface area contributed by atoms with Crippen LogP contribution in [0.3, 0.4) is 0 Å². The minimum absolute atomic E-state index is 0.0579. The van der Waals surface area contributed by atoms with Gasteiger partial charge in [0.2, 0.25) is 0 Å². The molecule has 0 aliphatic rings. The summed E-state index contributed by atoms with van der Waals surface area (Å²) in [5.74, 6) is 0.822. The number of rotatable bonds is 4. The third-order valence-electron chi connectivity index (χ3n) is 4.99. The summed E-state index contributed by atoms with van der Waals surface area (Å²) >= 11 is 0. The number of aromatic amines is 2. The Labute approximate surface area is 170 Å². The van der Waals surface area contributed by atoms with Crippen LogP contribution in [-0.4, -0.2) is 26.1 Å². The van der Waals surface area contributed by atoms with Crippen molar-refractivity contribution in [1.82, 2.24) is 14.8 Å². The fraction of sp³-hybridized carbons (Fsp3) is 0.0435. The normalized spacial score (nSPS) is 11.6. The van der Waals surface area contributed by atoms with E-state index in [9.17, 15) is 9.90 Å². The van der Waals surface area contributed by atoms with E-state index in [-0.39, 0.29) is 11.4 Å². The summed E-state index contributed by atoms with van der Waals surface area (Å²) < 4.78 is 7.16. The van der Waals surface area contributed by atoms with E-state index in [0.29, 0.717) is 5.56 Å². The molecule has 2 aromatic carbocycles.